The highest BCUT2D eigenvalue weighted by Crippen LogP contribution is 2.27. The summed E-state index contributed by atoms with van der Waals surface area (Å²) >= 11 is 0. The van der Waals surface area contributed by atoms with Gasteiger partial charge in [-0.2, -0.15) is 0 Å². The van der Waals surface area contributed by atoms with Crippen LogP contribution in [0.1, 0.15) is 24.8 Å². The summed E-state index contributed by atoms with van der Waals surface area (Å²) in [6.07, 6.45) is 8.43. The van der Waals surface area contributed by atoms with Crippen LogP contribution in [0.2, 0.25) is 0 Å². The third kappa shape index (κ3) is 6.11. The second-order valence-corrected chi connectivity index (χ2v) is 6.32. The van der Waals surface area contributed by atoms with Crippen LogP contribution in [0.4, 0.5) is 0 Å². The smallest absolute Gasteiger partial charge is 0.163 e. The quantitative estimate of drug-likeness (QED) is 0.537. The van der Waals surface area contributed by atoms with Gasteiger partial charge in [0.2, 0.25) is 0 Å². The van der Waals surface area contributed by atoms with Crippen LogP contribution >= 0.6 is 0 Å². The number of aliphatic hydroxyl groups excluding tert-OH is 1. The minimum Gasteiger partial charge on any atom is -0.510 e. The molecule has 144 valence electrons. The van der Waals surface area contributed by atoms with Gasteiger partial charge in [0.1, 0.15) is 11.9 Å². The van der Waals surface area contributed by atoms with Crippen molar-refractivity contribution in [3.63, 3.8) is 0 Å². The number of methoxy groups -OCH3 is 2. The lowest BCUT2D eigenvalue weighted by Crippen LogP contribution is -2.21. The molecule has 1 aromatic carbocycles. The average molecular weight is 372 g/mol. The second kappa shape index (κ2) is 9.73. The number of carbonyl (C=O) groups excluding carboxylic acids is 2. The zero-order chi connectivity index (χ0) is 19.8. The largest absolute Gasteiger partial charge is 0.510 e. The lowest BCUT2D eigenvalue weighted by molar-refractivity contribution is -0.121. The van der Waals surface area contributed by atoms with Gasteiger partial charge in [-0.25, -0.2) is 0 Å². The van der Waals surface area contributed by atoms with Crippen LogP contribution in [0.3, 0.4) is 0 Å². The normalized spacial score (nSPS) is 20.0. The van der Waals surface area contributed by atoms with Crippen molar-refractivity contribution in [2.24, 2.45) is 5.92 Å². The van der Waals surface area contributed by atoms with Crippen molar-refractivity contribution in [1.29, 1.82) is 0 Å². The highest BCUT2D eigenvalue weighted by molar-refractivity contribution is 6.09. The molecule has 0 unspecified atom stereocenters. The lowest BCUT2D eigenvalue weighted by atomic mass is 9.90. The van der Waals surface area contributed by atoms with Gasteiger partial charge in [0.15, 0.2) is 23.1 Å². The summed E-state index contributed by atoms with van der Waals surface area (Å²) in [6.45, 7) is 0. The number of aliphatic hydroxyl groups is 1. The van der Waals surface area contributed by atoms with E-state index in [1.165, 1.54) is 32.4 Å². The Morgan fingerprint density at radius 3 is 2.63 bits per heavy atom. The molecule has 0 heterocycles. The van der Waals surface area contributed by atoms with Gasteiger partial charge in [0.05, 0.1) is 13.5 Å². The van der Waals surface area contributed by atoms with E-state index in [-0.39, 0.29) is 41.5 Å². The first-order valence-electron chi connectivity index (χ1n) is 8.63. The van der Waals surface area contributed by atoms with E-state index < -0.39 is 0 Å². The summed E-state index contributed by atoms with van der Waals surface area (Å²) in [5.74, 6) is 0.0475. The first-order chi connectivity index (χ1) is 12.9. The molecule has 0 fully saturated rings. The second-order valence-electron chi connectivity index (χ2n) is 6.32. The zero-order valence-electron chi connectivity index (χ0n) is 15.4. The highest BCUT2D eigenvalue weighted by Gasteiger charge is 2.22. The maximum atomic E-state index is 12.0. The van der Waals surface area contributed by atoms with Crippen LogP contribution in [0.15, 0.2) is 48.3 Å². The maximum absolute atomic E-state index is 12.0. The number of phenolic OH excluding ortho intramolecular Hbond substituents is 1. The molecule has 0 aromatic heterocycles. The van der Waals surface area contributed by atoms with E-state index in [0.717, 1.165) is 0 Å². The van der Waals surface area contributed by atoms with Crippen molar-refractivity contribution < 1.29 is 29.3 Å². The van der Waals surface area contributed by atoms with Crippen molar-refractivity contribution in [3.05, 3.63) is 53.8 Å². The number of phenols is 1. The maximum Gasteiger partial charge on any atom is 0.163 e. The Morgan fingerprint density at radius 1 is 1.19 bits per heavy atom. The summed E-state index contributed by atoms with van der Waals surface area (Å²) in [5.41, 5.74) is 0.681. The number of ketones is 2. The van der Waals surface area contributed by atoms with Crippen molar-refractivity contribution in [2.45, 2.75) is 25.4 Å². The molecule has 2 rings (SSSR count). The topological polar surface area (TPSA) is 93.1 Å². The first-order valence-corrected chi connectivity index (χ1v) is 8.63. The fraction of sp³-hybridized carbons (Fsp3) is 0.333. The van der Waals surface area contributed by atoms with E-state index in [1.54, 1.807) is 30.4 Å². The van der Waals surface area contributed by atoms with Crippen molar-refractivity contribution in [1.82, 2.24) is 0 Å². The molecule has 0 bridgehead atoms. The number of carbonyl (C=O) groups is 2. The van der Waals surface area contributed by atoms with Gasteiger partial charge in [-0.15, -0.1) is 0 Å². The Balaban J connectivity index is 1.87. The number of aromatic hydroxyl groups is 1. The molecule has 2 atom stereocenters. The van der Waals surface area contributed by atoms with Gasteiger partial charge in [-0.3, -0.25) is 9.59 Å². The van der Waals surface area contributed by atoms with Gasteiger partial charge in [-0.05, 0) is 54.7 Å². The summed E-state index contributed by atoms with van der Waals surface area (Å²) in [4.78, 5) is 23.9. The van der Waals surface area contributed by atoms with E-state index in [1.807, 2.05) is 0 Å². The zero-order valence-corrected chi connectivity index (χ0v) is 15.4. The van der Waals surface area contributed by atoms with Crippen LogP contribution in [-0.4, -0.2) is 42.1 Å². The Labute approximate surface area is 158 Å². The molecule has 1 aliphatic rings. The van der Waals surface area contributed by atoms with Gasteiger partial charge in [0.25, 0.3) is 0 Å². The molecular weight excluding hydrogens is 348 g/mol. The Morgan fingerprint density at radius 2 is 1.93 bits per heavy atom. The number of hydrogen-bond donors (Lipinski definition) is 2. The molecule has 0 saturated heterocycles. The fourth-order valence-corrected chi connectivity index (χ4v) is 2.79. The summed E-state index contributed by atoms with van der Waals surface area (Å²) < 4.78 is 10.2. The third-order valence-corrected chi connectivity index (χ3v) is 4.33. The van der Waals surface area contributed by atoms with Crippen LogP contribution in [0.25, 0.3) is 6.08 Å². The SMILES string of the molecule is COc1cc(/C=C/C(=O)CC(=O)/C=C/[C@H]2CC=C(O)[C@@H](OC)C2)ccc1O. The van der Waals surface area contributed by atoms with Crippen molar-refractivity contribution in [3.8, 4) is 11.5 Å². The molecule has 27 heavy (non-hydrogen) atoms. The van der Waals surface area contributed by atoms with Crippen LogP contribution in [0.5, 0.6) is 11.5 Å². The molecule has 0 saturated carbocycles. The summed E-state index contributed by atoms with van der Waals surface area (Å²) in [6, 6.07) is 4.71. The summed E-state index contributed by atoms with van der Waals surface area (Å²) in [7, 11) is 2.97. The van der Waals surface area contributed by atoms with Gasteiger partial charge < -0.3 is 19.7 Å². The third-order valence-electron chi connectivity index (χ3n) is 4.33. The molecular formula is C21H24O6. The number of hydrogen-bond acceptors (Lipinski definition) is 6. The van der Waals surface area contributed by atoms with Crippen molar-refractivity contribution in [2.75, 3.05) is 14.2 Å². The molecule has 0 radical (unpaired) electrons. The Kier molecular flexibility index (Phi) is 7.37. The van der Waals surface area contributed by atoms with Gasteiger partial charge >= 0.3 is 0 Å². The Hall–Kier alpha value is -2.86. The number of allylic oxidation sites excluding steroid dienone is 4. The predicted octanol–water partition coefficient (Wildman–Crippen LogP) is 3.37. The predicted molar refractivity (Wildman–Crippen MR) is 102 cm³/mol. The minimum absolute atomic E-state index is 0.0166. The van der Waals surface area contributed by atoms with E-state index in [2.05, 4.69) is 0 Å². The van der Waals surface area contributed by atoms with E-state index in [4.69, 9.17) is 9.47 Å². The van der Waals surface area contributed by atoms with Crippen molar-refractivity contribution >= 4 is 17.6 Å². The van der Waals surface area contributed by atoms with Crippen LogP contribution in [-0.2, 0) is 14.3 Å². The van der Waals surface area contributed by atoms with Crippen LogP contribution in [0, 0.1) is 5.92 Å². The molecule has 6 heteroatoms. The molecule has 0 aliphatic heterocycles. The standard InChI is InChI=1S/C21H24O6/c1-26-20-11-14(5-9-18(20)24)3-7-16(22)13-17(23)8-4-15-6-10-19(25)21(12-15)27-2/h3-5,7-11,15,21,24-25H,6,12-13H2,1-2H3/b7-3+,8-4+/t15-,21-/m0/s1. The van der Waals surface area contributed by atoms with Gasteiger partial charge in [0, 0.05) is 7.11 Å². The molecule has 0 spiro atoms. The number of benzene rings is 1. The van der Waals surface area contributed by atoms with Crippen LogP contribution < -0.4 is 4.74 Å². The molecule has 2 N–H and O–H groups in total. The first kappa shape index (κ1) is 20.5. The molecule has 1 aromatic rings. The number of rotatable bonds is 8. The molecule has 1 aliphatic carbocycles. The lowest BCUT2D eigenvalue weighted by Gasteiger charge is -2.23. The van der Waals surface area contributed by atoms with Gasteiger partial charge in [-0.1, -0.05) is 18.2 Å². The van der Waals surface area contributed by atoms with E-state index >= 15 is 0 Å². The summed E-state index contributed by atoms with van der Waals surface area (Å²) in [5, 5.41) is 19.2. The monoisotopic (exact) mass is 372 g/mol. The fourth-order valence-electron chi connectivity index (χ4n) is 2.79. The van der Waals surface area contributed by atoms with E-state index in [9.17, 15) is 19.8 Å². The number of ether oxygens (including phenoxy) is 2. The highest BCUT2D eigenvalue weighted by atomic mass is 16.5. The minimum atomic E-state index is -0.352. The van der Waals surface area contributed by atoms with E-state index in [0.29, 0.717) is 24.2 Å². The Bertz CT molecular complexity index is 775. The average Bonchev–Trinajstić information content (AvgIpc) is 2.66. The molecule has 0 amide bonds. The molecule has 6 nitrogen and oxygen atoms in total.